The predicted molar refractivity (Wildman–Crippen MR) is 120 cm³/mol. The number of nitrogens with zero attached hydrogens (tertiary/aromatic N) is 3. The lowest BCUT2D eigenvalue weighted by molar-refractivity contribution is -0.118. The standard InChI is InChI=1S/C20H19BrN4O2S2/c1-13(19(22)27)29-20-24-16(12-28-20)9-18(26)25(11-14-3-2-8-23-10-14)17-6-4-15(21)5-7-17/h2-8,10,12-13H,9,11H2,1H3,(H2,22,27). The molecular formula is C20H19BrN4O2S2. The monoisotopic (exact) mass is 490 g/mol. The molecule has 3 aromatic rings. The van der Waals surface area contributed by atoms with Gasteiger partial charge in [0.1, 0.15) is 0 Å². The minimum atomic E-state index is -0.388. The van der Waals surface area contributed by atoms with Gasteiger partial charge >= 0.3 is 0 Å². The molecule has 150 valence electrons. The summed E-state index contributed by atoms with van der Waals surface area (Å²) in [6.45, 7) is 2.15. The summed E-state index contributed by atoms with van der Waals surface area (Å²) in [7, 11) is 0. The van der Waals surface area contributed by atoms with E-state index in [-0.39, 0.29) is 23.5 Å². The Bertz CT molecular complexity index is 980. The summed E-state index contributed by atoms with van der Waals surface area (Å²) in [5.41, 5.74) is 7.72. The quantitative estimate of drug-likeness (QED) is 0.481. The number of aromatic nitrogens is 2. The average molecular weight is 491 g/mol. The largest absolute Gasteiger partial charge is 0.369 e. The second-order valence-electron chi connectivity index (χ2n) is 6.26. The van der Waals surface area contributed by atoms with Crippen LogP contribution >= 0.6 is 39.0 Å². The van der Waals surface area contributed by atoms with Gasteiger partial charge in [-0.15, -0.1) is 11.3 Å². The number of nitrogens with two attached hydrogens (primary N) is 1. The van der Waals surface area contributed by atoms with Crippen LogP contribution in [0.15, 0.2) is 63.0 Å². The molecule has 1 atom stereocenters. The molecule has 0 bridgehead atoms. The van der Waals surface area contributed by atoms with Gasteiger partial charge in [-0.25, -0.2) is 4.98 Å². The van der Waals surface area contributed by atoms with E-state index in [1.807, 2.05) is 41.8 Å². The molecule has 2 heterocycles. The van der Waals surface area contributed by atoms with Crippen LogP contribution in [0, 0.1) is 0 Å². The zero-order valence-corrected chi connectivity index (χ0v) is 18.8. The van der Waals surface area contributed by atoms with E-state index in [1.54, 1.807) is 24.2 Å². The Morgan fingerprint density at radius 2 is 2.03 bits per heavy atom. The number of amides is 2. The molecule has 2 amide bonds. The van der Waals surface area contributed by atoms with Crippen molar-refractivity contribution in [3.63, 3.8) is 0 Å². The Morgan fingerprint density at radius 3 is 2.69 bits per heavy atom. The van der Waals surface area contributed by atoms with Crippen LogP contribution in [0.3, 0.4) is 0 Å². The molecule has 0 radical (unpaired) electrons. The lowest BCUT2D eigenvalue weighted by Crippen LogP contribution is -2.31. The van der Waals surface area contributed by atoms with E-state index >= 15 is 0 Å². The summed E-state index contributed by atoms with van der Waals surface area (Å²) in [6, 6.07) is 11.4. The predicted octanol–water partition coefficient (Wildman–Crippen LogP) is 4.04. The van der Waals surface area contributed by atoms with Gasteiger partial charge < -0.3 is 10.6 Å². The Kier molecular flexibility index (Phi) is 7.40. The van der Waals surface area contributed by atoms with Crippen molar-refractivity contribution in [1.29, 1.82) is 0 Å². The minimum Gasteiger partial charge on any atom is -0.369 e. The Labute approximate surface area is 185 Å². The molecule has 0 saturated heterocycles. The second-order valence-corrected chi connectivity index (χ2v) is 9.62. The highest BCUT2D eigenvalue weighted by molar-refractivity contribution is 9.10. The molecule has 2 N–H and O–H groups in total. The molecule has 3 rings (SSSR count). The fourth-order valence-electron chi connectivity index (χ4n) is 2.50. The summed E-state index contributed by atoms with van der Waals surface area (Å²) < 4.78 is 1.67. The maximum absolute atomic E-state index is 13.1. The molecular weight excluding hydrogens is 472 g/mol. The third kappa shape index (κ3) is 6.12. The maximum Gasteiger partial charge on any atom is 0.233 e. The zero-order valence-electron chi connectivity index (χ0n) is 15.6. The number of hydrogen-bond donors (Lipinski definition) is 1. The third-order valence-electron chi connectivity index (χ3n) is 4.04. The normalized spacial score (nSPS) is 11.8. The van der Waals surface area contributed by atoms with Crippen molar-refractivity contribution in [2.45, 2.75) is 29.5 Å². The van der Waals surface area contributed by atoms with Crippen LogP contribution in [0.5, 0.6) is 0 Å². The molecule has 0 aliphatic heterocycles. The van der Waals surface area contributed by atoms with Crippen molar-refractivity contribution < 1.29 is 9.59 Å². The number of pyridine rings is 1. The zero-order chi connectivity index (χ0) is 20.8. The van der Waals surface area contributed by atoms with Crippen LogP contribution in [0.4, 0.5) is 5.69 Å². The van der Waals surface area contributed by atoms with E-state index in [4.69, 9.17) is 5.73 Å². The van der Waals surface area contributed by atoms with Gasteiger partial charge in [0.25, 0.3) is 0 Å². The topological polar surface area (TPSA) is 89.2 Å². The summed E-state index contributed by atoms with van der Waals surface area (Å²) in [5.74, 6) is -0.457. The molecule has 9 heteroatoms. The number of carbonyl (C=O) groups excluding carboxylic acids is 2. The number of carbonyl (C=O) groups is 2. The lowest BCUT2D eigenvalue weighted by atomic mass is 10.2. The summed E-state index contributed by atoms with van der Waals surface area (Å²) >= 11 is 6.14. The highest BCUT2D eigenvalue weighted by Crippen LogP contribution is 2.27. The van der Waals surface area contributed by atoms with Crippen molar-refractivity contribution in [3.05, 3.63) is 69.9 Å². The molecule has 1 unspecified atom stereocenters. The number of thiazole rings is 1. The first-order chi connectivity index (χ1) is 13.9. The number of primary amides is 1. The summed E-state index contributed by atoms with van der Waals surface area (Å²) in [5, 5.41) is 1.48. The van der Waals surface area contributed by atoms with Crippen molar-refractivity contribution in [3.8, 4) is 0 Å². The first-order valence-electron chi connectivity index (χ1n) is 8.77. The van der Waals surface area contributed by atoms with Gasteiger partial charge in [0, 0.05) is 27.9 Å². The highest BCUT2D eigenvalue weighted by atomic mass is 79.9. The highest BCUT2D eigenvalue weighted by Gasteiger charge is 2.19. The number of anilines is 1. The summed E-state index contributed by atoms with van der Waals surface area (Å²) in [4.78, 5) is 34.7. The van der Waals surface area contributed by atoms with Crippen molar-refractivity contribution >= 4 is 56.5 Å². The van der Waals surface area contributed by atoms with E-state index in [0.717, 1.165) is 20.1 Å². The van der Waals surface area contributed by atoms with Gasteiger partial charge in [-0.2, -0.15) is 0 Å². The van der Waals surface area contributed by atoms with Crippen molar-refractivity contribution in [1.82, 2.24) is 9.97 Å². The fraction of sp³-hybridized carbons (Fsp3) is 0.200. The van der Waals surface area contributed by atoms with Gasteiger partial charge in [-0.3, -0.25) is 14.6 Å². The van der Waals surface area contributed by atoms with E-state index < -0.39 is 0 Å². The van der Waals surface area contributed by atoms with E-state index in [1.165, 1.54) is 23.1 Å². The molecule has 2 aromatic heterocycles. The van der Waals surface area contributed by atoms with Gasteiger partial charge in [-0.1, -0.05) is 33.8 Å². The van der Waals surface area contributed by atoms with Crippen LogP contribution in [-0.2, 0) is 22.6 Å². The number of rotatable bonds is 8. The molecule has 0 aliphatic carbocycles. The van der Waals surface area contributed by atoms with Crippen molar-refractivity contribution in [2.75, 3.05) is 4.90 Å². The van der Waals surface area contributed by atoms with E-state index in [0.29, 0.717) is 12.2 Å². The molecule has 6 nitrogen and oxygen atoms in total. The van der Waals surface area contributed by atoms with Gasteiger partial charge in [0.15, 0.2) is 4.34 Å². The van der Waals surface area contributed by atoms with Gasteiger partial charge in [0.05, 0.1) is 23.9 Å². The second kappa shape index (κ2) is 10.00. The van der Waals surface area contributed by atoms with Crippen LogP contribution < -0.4 is 10.6 Å². The number of hydrogen-bond acceptors (Lipinski definition) is 6. The Balaban J connectivity index is 1.77. The van der Waals surface area contributed by atoms with Crippen LogP contribution in [-0.4, -0.2) is 27.0 Å². The summed E-state index contributed by atoms with van der Waals surface area (Å²) in [6.07, 6.45) is 3.62. The van der Waals surface area contributed by atoms with Gasteiger partial charge in [0.2, 0.25) is 11.8 Å². The van der Waals surface area contributed by atoms with Crippen LogP contribution in [0.1, 0.15) is 18.2 Å². The first-order valence-corrected chi connectivity index (χ1v) is 11.3. The molecule has 0 fully saturated rings. The van der Waals surface area contributed by atoms with Crippen LogP contribution in [0.2, 0.25) is 0 Å². The Morgan fingerprint density at radius 1 is 1.28 bits per heavy atom. The van der Waals surface area contributed by atoms with Crippen LogP contribution in [0.25, 0.3) is 0 Å². The maximum atomic E-state index is 13.1. The Hall–Kier alpha value is -2.23. The number of thioether (sulfide) groups is 1. The smallest absolute Gasteiger partial charge is 0.233 e. The minimum absolute atomic E-state index is 0.0685. The molecule has 29 heavy (non-hydrogen) atoms. The fourth-order valence-corrected chi connectivity index (χ4v) is 4.70. The molecule has 0 aliphatic rings. The lowest BCUT2D eigenvalue weighted by Gasteiger charge is -2.23. The number of benzene rings is 1. The molecule has 1 aromatic carbocycles. The average Bonchev–Trinajstić information content (AvgIpc) is 3.14. The SMILES string of the molecule is CC(Sc1nc(CC(=O)N(Cc2cccnc2)c2ccc(Br)cc2)cs1)C(N)=O. The first kappa shape index (κ1) is 21.5. The third-order valence-corrected chi connectivity index (χ3v) is 6.71. The van der Waals surface area contributed by atoms with E-state index in [9.17, 15) is 9.59 Å². The molecule has 0 spiro atoms. The van der Waals surface area contributed by atoms with Gasteiger partial charge in [-0.05, 0) is 42.8 Å². The van der Waals surface area contributed by atoms with Crippen molar-refractivity contribution in [2.24, 2.45) is 5.73 Å². The molecule has 0 saturated carbocycles. The van der Waals surface area contributed by atoms with E-state index in [2.05, 4.69) is 25.9 Å². The number of halogens is 1.